The van der Waals surface area contributed by atoms with Gasteiger partial charge in [-0.25, -0.2) is 0 Å². The van der Waals surface area contributed by atoms with Crippen molar-refractivity contribution in [2.45, 2.75) is 25.3 Å². The summed E-state index contributed by atoms with van der Waals surface area (Å²) in [6, 6.07) is 1.40. The lowest BCUT2D eigenvalue weighted by molar-refractivity contribution is 0.0915. The van der Waals surface area contributed by atoms with Crippen LogP contribution in [-0.4, -0.2) is 33.8 Å². The van der Waals surface area contributed by atoms with Crippen LogP contribution in [0.4, 0.5) is 0 Å². The monoisotopic (exact) mass is 236 g/mol. The Morgan fingerprint density at radius 2 is 2.29 bits per heavy atom. The van der Waals surface area contributed by atoms with Gasteiger partial charge in [-0.05, 0) is 18.9 Å². The fourth-order valence-electron chi connectivity index (χ4n) is 2.25. The van der Waals surface area contributed by atoms with Crippen LogP contribution in [0.15, 0.2) is 18.5 Å². The summed E-state index contributed by atoms with van der Waals surface area (Å²) in [5.74, 6) is -0.134. The molecule has 1 aliphatic rings. The average molecular weight is 236 g/mol. The first kappa shape index (κ1) is 11.9. The van der Waals surface area contributed by atoms with E-state index in [1.54, 1.807) is 0 Å². The van der Waals surface area contributed by atoms with Gasteiger partial charge in [0.05, 0.1) is 11.8 Å². The van der Waals surface area contributed by atoms with Gasteiger partial charge in [0.25, 0.3) is 5.91 Å². The molecule has 0 spiro atoms. The van der Waals surface area contributed by atoms with E-state index in [1.807, 2.05) is 0 Å². The van der Waals surface area contributed by atoms with E-state index in [0.717, 1.165) is 19.3 Å². The van der Waals surface area contributed by atoms with Gasteiger partial charge in [0.2, 0.25) is 0 Å². The number of aliphatic hydroxyl groups excluding tert-OH is 1. The summed E-state index contributed by atoms with van der Waals surface area (Å²) in [4.78, 5) is 15.6. The van der Waals surface area contributed by atoms with Crippen LogP contribution in [0.3, 0.4) is 0 Å². The highest BCUT2D eigenvalue weighted by molar-refractivity contribution is 5.94. The molecule has 1 aliphatic carbocycles. The SMILES string of the molecule is O=C(NC1CCCC1CO)c1cncc(O)c1. The summed E-state index contributed by atoms with van der Waals surface area (Å²) >= 11 is 0. The van der Waals surface area contributed by atoms with Crippen LogP contribution in [0.2, 0.25) is 0 Å². The van der Waals surface area contributed by atoms with Crippen molar-refractivity contribution in [3.8, 4) is 5.75 Å². The highest BCUT2D eigenvalue weighted by Gasteiger charge is 2.28. The van der Waals surface area contributed by atoms with E-state index in [2.05, 4.69) is 10.3 Å². The van der Waals surface area contributed by atoms with Crippen molar-refractivity contribution in [2.24, 2.45) is 5.92 Å². The third kappa shape index (κ3) is 2.74. The van der Waals surface area contributed by atoms with E-state index in [1.165, 1.54) is 18.5 Å². The number of aromatic nitrogens is 1. The minimum Gasteiger partial charge on any atom is -0.506 e. The number of nitrogens with zero attached hydrogens (tertiary/aromatic N) is 1. The Hall–Kier alpha value is -1.62. The standard InChI is InChI=1S/C12H16N2O3/c15-7-8-2-1-3-11(8)14-12(17)9-4-10(16)6-13-5-9/h4-6,8,11,15-16H,1-3,7H2,(H,14,17). The van der Waals surface area contributed by atoms with Crippen molar-refractivity contribution < 1.29 is 15.0 Å². The molecule has 0 aromatic carbocycles. The summed E-state index contributed by atoms with van der Waals surface area (Å²) in [5, 5.41) is 21.3. The Morgan fingerprint density at radius 3 is 3.00 bits per heavy atom. The van der Waals surface area contributed by atoms with Crippen LogP contribution in [0.1, 0.15) is 29.6 Å². The quantitative estimate of drug-likeness (QED) is 0.720. The lowest BCUT2D eigenvalue weighted by Gasteiger charge is -2.18. The average Bonchev–Trinajstić information content (AvgIpc) is 2.76. The van der Waals surface area contributed by atoms with Crippen LogP contribution in [0.25, 0.3) is 0 Å². The maximum Gasteiger partial charge on any atom is 0.253 e. The molecule has 1 heterocycles. The number of hydrogen-bond acceptors (Lipinski definition) is 4. The molecule has 1 amide bonds. The molecule has 0 aliphatic heterocycles. The minimum absolute atomic E-state index is 0.0230. The molecule has 0 saturated heterocycles. The zero-order valence-electron chi connectivity index (χ0n) is 9.47. The molecule has 5 nitrogen and oxygen atoms in total. The van der Waals surface area contributed by atoms with E-state index in [-0.39, 0.29) is 30.2 Å². The van der Waals surface area contributed by atoms with Crippen LogP contribution in [-0.2, 0) is 0 Å². The number of pyridine rings is 1. The highest BCUT2D eigenvalue weighted by atomic mass is 16.3. The lowest BCUT2D eigenvalue weighted by Crippen LogP contribution is -2.38. The number of rotatable bonds is 3. The zero-order valence-corrected chi connectivity index (χ0v) is 9.47. The van der Waals surface area contributed by atoms with Gasteiger partial charge in [-0.3, -0.25) is 9.78 Å². The number of carbonyl (C=O) groups excluding carboxylic acids is 1. The number of aliphatic hydroxyl groups is 1. The van der Waals surface area contributed by atoms with Crippen LogP contribution in [0, 0.1) is 5.92 Å². The fourth-order valence-corrected chi connectivity index (χ4v) is 2.25. The molecule has 2 unspecified atom stereocenters. The van der Waals surface area contributed by atoms with Crippen molar-refractivity contribution in [3.05, 3.63) is 24.0 Å². The lowest BCUT2D eigenvalue weighted by atomic mass is 10.0. The molecular formula is C12H16N2O3. The van der Waals surface area contributed by atoms with E-state index in [4.69, 9.17) is 5.11 Å². The summed E-state index contributed by atoms with van der Waals surface area (Å²) in [7, 11) is 0. The van der Waals surface area contributed by atoms with E-state index < -0.39 is 0 Å². The Labute approximate surface area is 99.5 Å². The van der Waals surface area contributed by atoms with Gasteiger partial charge in [-0.15, -0.1) is 0 Å². The molecule has 0 bridgehead atoms. The maximum atomic E-state index is 11.9. The van der Waals surface area contributed by atoms with E-state index in [9.17, 15) is 9.90 Å². The van der Waals surface area contributed by atoms with Gasteiger partial charge in [0.1, 0.15) is 5.75 Å². The first-order chi connectivity index (χ1) is 8.20. The van der Waals surface area contributed by atoms with Gasteiger partial charge in [0, 0.05) is 24.8 Å². The number of aromatic hydroxyl groups is 1. The fraction of sp³-hybridized carbons (Fsp3) is 0.500. The van der Waals surface area contributed by atoms with Gasteiger partial charge in [0.15, 0.2) is 0 Å². The molecule has 2 rings (SSSR count). The van der Waals surface area contributed by atoms with Crippen molar-refractivity contribution in [1.82, 2.24) is 10.3 Å². The Bertz CT molecular complexity index is 408. The second-order valence-electron chi connectivity index (χ2n) is 4.39. The molecule has 17 heavy (non-hydrogen) atoms. The third-order valence-electron chi connectivity index (χ3n) is 3.20. The number of carbonyl (C=O) groups is 1. The van der Waals surface area contributed by atoms with E-state index in [0.29, 0.717) is 5.56 Å². The molecule has 5 heteroatoms. The molecule has 92 valence electrons. The molecule has 1 saturated carbocycles. The predicted octanol–water partition coefficient (Wildman–Crippen LogP) is 0.678. The molecule has 1 aromatic heterocycles. The second kappa shape index (κ2) is 5.14. The third-order valence-corrected chi connectivity index (χ3v) is 3.20. The van der Waals surface area contributed by atoms with Gasteiger partial charge in [-0.1, -0.05) is 6.42 Å². The van der Waals surface area contributed by atoms with Crippen molar-refractivity contribution in [2.75, 3.05) is 6.61 Å². The molecule has 1 fully saturated rings. The summed E-state index contributed by atoms with van der Waals surface area (Å²) in [6.45, 7) is 0.100. The van der Waals surface area contributed by atoms with Crippen molar-refractivity contribution in [1.29, 1.82) is 0 Å². The van der Waals surface area contributed by atoms with Crippen molar-refractivity contribution in [3.63, 3.8) is 0 Å². The van der Waals surface area contributed by atoms with Gasteiger partial charge < -0.3 is 15.5 Å². The van der Waals surface area contributed by atoms with E-state index >= 15 is 0 Å². The maximum absolute atomic E-state index is 11.9. The molecule has 1 aromatic rings. The Morgan fingerprint density at radius 1 is 1.47 bits per heavy atom. The molecule has 2 atom stereocenters. The second-order valence-corrected chi connectivity index (χ2v) is 4.39. The smallest absolute Gasteiger partial charge is 0.253 e. The van der Waals surface area contributed by atoms with Crippen LogP contribution < -0.4 is 5.32 Å². The summed E-state index contributed by atoms with van der Waals surface area (Å²) < 4.78 is 0. The largest absolute Gasteiger partial charge is 0.506 e. The first-order valence-corrected chi connectivity index (χ1v) is 5.76. The zero-order chi connectivity index (χ0) is 12.3. The predicted molar refractivity (Wildman–Crippen MR) is 61.6 cm³/mol. The van der Waals surface area contributed by atoms with Crippen LogP contribution >= 0.6 is 0 Å². The topological polar surface area (TPSA) is 82.5 Å². The summed E-state index contributed by atoms with van der Waals surface area (Å²) in [5.41, 5.74) is 0.341. The Kier molecular flexibility index (Phi) is 3.58. The highest BCUT2D eigenvalue weighted by Crippen LogP contribution is 2.25. The minimum atomic E-state index is -0.251. The number of nitrogens with one attached hydrogen (secondary N) is 1. The molecule has 3 N–H and O–H groups in total. The van der Waals surface area contributed by atoms with Gasteiger partial charge >= 0.3 is 0 Å². The van der Waals surface area contributed by atoms with Crippen LogP contribution in [0.5, 0.6) is 5.75 Å². The number of hydrogen-bond donors (Lipinski definition) is 3. The normalized spacial score (nSPS) is 23.6. The first-order valence-electron chi connectivity index (χ1n) is 5.76. The molecule has 0 radical (unpaired) electrons. The summed E-state index contributed by atoms with van der Waals surface area (Å²) in [6.07, 6.45) is 5.55. The van der Waals surface area contributed by atoms with Gasteiger partial charge in [-0.2, -0.15) is 0 Å². The van der Waals surface area contributed by atoms with Crippen molar-refractivity contribution >= 4 is 5.91 Å². The molecular weight excluding hydrogens is 220 g/mol. The number of amides is 1. The Balaban J connectivity index is 2.01.